The molecule has 1 aromatic rings. The lowest BCUT2D eigenvalue weighted by molar-refractivity contribution is -0.140. The SMILES string of the molecule is COC(=O)CCCNC1CSc2ccccc21. The van der Waals surface area contributed by atoms with Gasteiger partial charge in [-0.05, 0) is 24.6 Å². The first-order valence-electron chi connectivity index (χ1n) is 5.83. The smallest absolute Gasteiger partial charge is 0.305 e. The van der Waals surface area contributed by atoms with Crippen LogP contribution in [-0.2, 0) is 9.53 Å². The molecule has 3 nitrogen and oxygen atoms in total. The molecule has 0 saturated heterocycles. The minimum Gasteiger partial charge on any atom is -0.469 e. The number of thioether (sulfide) groups is 1. The topological polar surface area (TPSA) is 38.3 Å². The van der Waals surface area contributed by atoms with Crippen LogP contribution in [0.2, 0.25) is 0 Å². The average Bonchev–Trinajstić information content (AvgIpc) is 2.78. The number of carbonyl (C=O) groups excluding carboxylic acids is 1. The number of rotatable bonds is 5. The number of benzene rings is 1. The molecule has 1 N–H and O–H groups in total. The van der Waals surface area contributed by atoms with E-state index in [0.717, 1.165) is 18.7 Å². The third kappa shape index (κ3) is 3.23. The highest BCUT2D eigenvalue weighted by atomic mass is 32.2. The van der Waals surface area contributed by atoms with Crippen molar-refractivity contribution >= 4 is 17.7 Å². The van der Waals surface area contributed by atoms with Crippen molar-refractivity contribution in [1.29, 1.82) is 0 Å². The summed E-state index contributed by atoms with van der Waals surface area (Å²) >= 11 is 1.89. The first-order chi connectivity index (χ1) is 8.31. The van der Waals surface area contributed by atoms with Gasteiger partial charge in [0.25, 0.3) is 0 Å². The van der Waals surface area contributed by atoms with E-state index in [1.165, 1.54) is 17.6 Å². The highest BCUT2D eigenvalue weighted by Gasteiger charge is 2.21. The number of methoxy groups -OCH3 is 1. The Morgan fingerprint density at radius 3 is 3.18 bits per heavy atom. The molecule has 0 fully saturated rings. The summed E-state index contributed by atoms with van der Waals surface area (Å²) in [5, 5.41) is 3.49. The van der Waals surface area contributed by atoms with E-state index in [2.05, 4.69) is 34.3 Å². The van der Waals surface area contributed by atoms with Gasteiger partial charge >= 0.3 is 5.97 Å². The summed E-state index contributed by atoms with van der Waals surface area (Å²) in [4.78, 5) is 12.3. The van der Waals surface area contributed by atoms with E-state index < -0.39 is 0 Å². The van der Waals surface area contributed by atoms with Gasteiger partial charge in [-0.15, -0.1) is 11.8 Å². The molecule has 1 heterocycles. The standard InChI is InChI=1S/C13H17NO2S/c1-16-13(15)7-4-8-14-11-9-17-12-6-3-2-5-10(11)12/h2-3,5-6,11,14H,4,7-9H2,1H3. The van der Waals surface area contributed by atoms with Gasteiger partial charge in [-0.1, -0.05) is 18.2 Å². The lowest BCUT2D eigenvalue weighted by atomic mass is 10.1. The van der Waals surface area contributed by atoms with Crippen LogP contribution in [0.3, 0.4) is 0 Å². The van der Waals surface area contributed by atoms with E-state index in [-0.39, 0.29) is 5.97 Å². The molecule has 1 aliphatic heterocycles. The Hall–Kier alpha value is -1.00. The largest absolute Gasteiger partial charge is 0.469 e. The molecule has 0 spiro atoms. The molecule has 4 heteroatoms. The summed E-state index contributed by atoms with van der Waals surface area (Å²) in [7, 11) is 1.43. The van der Waals surface area contributed by atoms with Crippen molar-refractivity contribution in [3.8, 4) is 0 Å². The van der Waals surface area contributed by atoms with Crippen LogP contribution in [0, 0.1) is 0 Å². The maximum absolute atomic E-state index is 11.0. The van der Waals surface area contributed by atoms with Crippen molar-refractivity contribution in [2.45, 2.75) is 23.8 Å². The monoisotopic (exact) mass is 251 g/mol. The Bertz CT molecular complexity index is 395. The average molecular weight is 251 g/mol. The molecular formula is C13H17NO2S. The summed E-state index contributed by atoms with van der Waals surface area (Å²) in [5.41, 5.74) is 1.38. The fourth-order valence-electron chi connectivity index (χ4n) is 1.94. The molecule has 1 aromatic carbocycles. The van der Waals surface area contributed by atoms with Gasteiger partial charge < -0.3 is 10.1 Å². The van der Waals surface area contributed by atoms with Crippen LogP contribution in [0.15, 0.2) is 29.2 Å². The maximum atomic E-state index is 11.0. The molecule has 0 aromatic heterocycles. The summed E-state index contributed by atoms with van der Waals surface area (Å²) in [6, 6.07) is 8.91. The highest BCUT2D eigenvalue weighted by molar-refractivity contribution is 7.99. The predicted molar refractivity (Wildman–Crippen MR) is 69.2 cm³/mol. The van der Waals surface area contributed by atoms with E-state index in [1.807, 2.05) is 11.8 Å². The van der Waals surface area contributed by atoms with Gasteiger partial charge in [0, 0.05) is 23.1 Å². The summed E-state index contributed by atoms with van der Waals surface area (Å²) in [5.74, 6) is 0.949. The second-order valence-corrected chi connectivity index (χ2v) is 5.10. The number of ether oxygens (including phenoxy) is 1. The normalized spacial score (nSPS) is 17.8. The molecular weight excluding hydrogens is 234 g/mol. The molecule has 0 radical (unpaired) electrons. The van der Waals surface area contributed by atoms with Gasteiger partial charge in [0.15, 0.2) is 0 Å². The van der Waals surface area contributed by atoms with Crippen LogP contribution in [0.5, 0.6) is 0 Å². The highest BCUT2D eigenvalue weighted by Crippen LogP contribution is 2.37. The molecule has 2 rings (SSSR count). The Kier molecular flexibility index (Phi) is 4.45. The van der Waals surface area contributed by atoms with E-state index in [1.54, 1.807) is 0 Å². The zero-order chi connectivity index (χ0) is 12.1. The van der Waals surface area contributed by atoms with Crippen molar-refractivity contribution in [2.75, 3.05) is 19.4 Å². The van der Waals surface area contributed by atoms with Crippen LogP contribution in [-0.4, -0.2) is 25.4 Å². The third-order valence-corrected chi connectivity index (χ3v) is 4.06. The minimum absolute atomic E-state index is 0.131. The van der Waals surface area contributed by atoms with Crippen molar-refractivity contribution in [3.63, 3.8) is 0 Å². The van der Waals surface area contributed by atoms with Crippen LogP contribution in [0.4, 0.5) is 0 Å². The number of esters is 1. The Morgan fingerprint density at radius 1 is 1.53 bits per heavy atom. The fourth-order valence-corrected chi connectivity index (χ4v) is 3.14. The third-order valence-electron chi connectivity index (χ3n) is 2.88. The molecule has 0 saturated carbocycles. The van der Waals surface area contributed by atoms with Crippen molar-refractivity contribution in [3.05, 3.63) is 29.8 Å². The Balaban J connectivity index is 1.76. The lowest BCUT2D eigenvalue weighted by Crippen LogP contribution is -2.22. The van der Waals surface area contributed by atoms with Crippen LogP contribution < -0.4 is 5.32 Å². The van der Waals surface area contributed by atoms with Gasteiger partial charge in [0.05, 0.1) is 7.11 Å². The quantitative estimate of drug-likeness (QED) is 0.644. The van der Waals surface area contributed by atoms with Crippen molar-refractivity contribution in [2.24, 2.45) is 0 Å². The van der Waals surface area contributed by atoms with Crippen LogP contribution in [0.1, 0.15) is 24.4 Å². The Morgan fingerprint density at radius 2 is 2.35 bits per heavy atom. The first-order valence-corrected chi connectivity index (χ1v) is 6.81. The van der Waals surface area contributed by atoms with Crippen LogP contribution in [0.25, 0.3) is 0 Å². The molecule has 1 unspecified atom stereocenters. The zero-order valence-electron chi connectivity index (χ0n) is 9.94. The van der Waals surface area contributed by atoms with Gasteiger partial charge in [0.1, 0.15) is 0 Å². The Labute approximate surface area is 106 Å². The number of fused-ring (bicyclic) bond motifs is 1. The first kappa shape index (κ1) is 12.5. The number of hydrogen-bond donors (Lipinski definition) is 1. The zero-order valence-corrected chi connectivity index (χ0v) is 10.8. The van der Waals surface area contributed by atoms with Crippen LogP contribution >= 0.6 is 11.8 Å². The molecule has 92 valence electrons. The molecule has 0 amide bonds. The van der Waals surface area contributed by atoms with Gasteiger partial charge in [-0.3, -0.25) is 4.79 Å². The van der Waals surface area contributed by atoms with E-state index in [4.69, 9.17) is 0 Å². The molecule has 0 bridgehead atoms. The number of hydrogen-bond acceptors (Lipinski definition) is 4. The van der Waals surface area contributed by atoms with Gasteiger partial charge in [0.2, 0.25) is 0 Å². The van der Waals surface area contributed by atoms with Gasteiger partial charge in [-0.2, -0.15) is 0 Å². The van der Waals surface area contributed by atoms with E-state index in [0.29, 0.717) is 12.5 Å². The van der Waals surface area contributed by atoms with E-state index >= 15 is 0 Å². The summed E-state index contributed by atoms with van der Waals surface area (Å²) in [6.45, 7) is 0.856. The second-order valence-electron chi connectivity index (χ2n) is 4.04. The summed E-state index contributed by atoms with van der Waals surface area (Å²) in [6.07, 6.45) is 1.32. The van der Waals surface area contributed by atoms with Gasteiger partial charge in [-0.25, -0.2) is 0 Å². The van der Waals surface area contributed by atoms with Crippen molar-refractivity contribution in [1.82, 2.24) is 5.32 Å². The molecule has 1 aliphatic rings. The molecule has 17 heavy (non-hydrogen) atoms. The molecule has 0 aliphatic carbocycles. The lowest BCUT2D eigenvalue weighted by Gasteiger charge is -2.12. The molecule has 1 atom stereocenters. The van der Waals surface area contributed by atoms with Crippen molar-refractivity contribution < 1.29 is 9.53 Å². The number of nitrogens with one attached hydrogen (secondary N) is 1. The fraction of sp³-hybridized carbons (Fsp3) is 0.462. The maximum Gasteiger partial charge on any atom is 0.305 e. The predicted octanol–water partition coefficient (Wildman–Crippen LogP) is 2.38. The summed E-state index contributed by atoms with van der Waals surface area (Å²) < 4.78 is 4.61. The minimum atomic E-state index is -0.131. The number of carbonyl (C=O) groups is 1. The van der Waals surface area contributed by atoms with E-state index in [9.17, 15) is 4.79 Å². The second kappa shape index (κ2) is 6.07.